The van der Waals surface area contributed by atoms with Crippen molar-refractivity contribution < 1.29 is 4.74 Å². The van der Waals surface area contributed by atoms with E-state index in [0.717, 1.165) is 17.1 Å². The molecule has 1 N–H and O–H groups in total. The molecule has 3 heteroatoms. The number of morpholine rings is 1. The Balaban J connectivity index is 1.76. The van der Waals surface area contributed by atoms with Crippen LogP contribution in [-0.4, -0.2) is 13.2 Å². The van der Waals surface area contributed by atoms with E-state index in [2.05, 4.69) is 36.5 Å². The molecule has 20 heavy (non-hydrogen) atoms. The Morgan fingerprint density at radius 1 is 1.10 bits per heavy atom. The molecule has 2 atom stereocenters. The zero-order valence-electron chi connectivity index (χ0n) is 11.5. The van der Waals surface area contributed by atoms with Crippen LogP contribution in [0.4, 0.5) is 0 Å². The zero-order valence-corrected chi connectivity index (χ0v) is 12.2. The van der Waals surface area contributed by atoms with Gasteiger partial charge in [0.1, 0.15) is 0 Å². The van der Waals surface area contributed by atoms with Gasteiger partial charge in [0.05, 0.1) is 18.2 Å². The number of nitrogens with one attached hydrogen (secondary N) is 1. The van der Waals surface area contributed by atoms with Crippen LogP contribution in [0.2, 0.25) is 5.02 Å². The Morgan fingerprint density at radius 3 is 2.45 bits per heavy atom. The second-order valence-corrected chi connectivity index (χ2v) is 5.81. The first-order valence-electron chi connectivity index (χ1n) is 6.86. The van der Waals surface area contributed by atoms with E-state index >= 15 is 0 Å². The Kier molecular flexibility index (Phi) is 3.79. The summed E-state index contributed by atoms with van der Waals surface area (Å²) in [6, 6.07) is 18.3. The third kappa shape index (κ3) is 2.59. The van der Waals surface area contributed by atoms with Crippen molar-refractivity contribution in [2.75, 3.05) is 13.2 Å². The lowest BCUT2D eigenvalue weighted by atomic mass is 9.90. The third-order valence-corrected chi connectivity index (χ3v) is 4.26. The summed E-state index contributed by atoms with van der Waals surface area (Å²) < 4.78 is 6.07. The smallest absolute Gasteiger partial charge is 0.0964 e. The first-order valence-corrected chi connectivity index (χ1v) is 7.23. The van der Waals surface area contributed by atoms with E-state index in [1.54, 1.807) is 0 Å². The van der Waals surface area contributed by atoms with Gasteiger partial charge in [-0.2, -0.15) is 0 Å². The Hall–Kier alpha value is -1.35. The fourth-order valence-electron chi connectivity index (χ4n) is 2.62. The lowest BCUT2D eigenvalue weighted by Gasteiger charge is -2.39. The van der Waals surface area contributed by atoms with Gasteiger partial charge in [-0.3, -0.25) is 0 Å². The molecule has 2 nitrogen and oxygen atoms in total. The lowest BCUT2D eigenvalue weighted by Crippen LogP contribution is -2.50. The van der Waals surface area contributed by atoms with Gasteiger partial charge in [0.2, 0.25) is 0 Å². The lowest BCUT2D eigenvalue weighted by molar-refractivity contribution is -0.0307. The number of rotatable bonds is 2. The molecule has 3 rings (SSSR count). The maximum Gasteiger partial charge on any atom is 0.0964 e. The van der Waals surface area contributed by atoms with Crippen LogP contribution in [0.15, 0.2) is 54.6 Å². The largest absolute Gasteiger partial charge is 0.370 e. The second-order valence-electron chi connectivity index (χ2n) is 5.40. The van der Waals surface area contributed by atoms with Gasteiger partial charge in [-0.05, 0) is 18.6 Å². The maximum absolute atomic E-state index is 6.24. The SMILES string of the molecule is CC1(c2ccccc2)COC(c2ccccc2Cl)CN1. The minimum absolute atomic E-state index is 0.0143. The van der Waals surface area contributed by atoms with E-state index in [9.17, 15) is 0 Å². The van der Waals surface area contributed by atoms with Crippen molar-refractivity contribution in [2.45, 2.75) is 18.6 Å². The molecule has 1 heterocycles. The van der Waals surface area contributed by atoms with Crippen LogP contribution in [0.25, 0.3) is 0 Å². The molecule has 0 amide bonds. The summed E-state index contributed by atoms with van der Waals surface area (Å²) in [5, 5.41) is 4.37. The molecular weight excluding hydrogens is 270 g/mol. The fraction of sp³-hybridized carbons (Fsp3) is 0.294. The molecule has 2 unspecified atom stereocenters. The molecule has 0 aromatic heterocycles. The normalized spacial score (nSPS) is 26.4. The molecule has 1 aliphatic rings. The van der Waals surface area contributed by atoms with Crippen molar-refractivity contribution in [2.24, 2.45) is 0 Å². The number of hydrogen-bond acceptors (Lipinski definition) is 2. The van der Waals surface area contributed by atoms with Gasteiger partial charge in [-0.25, -0.2) is 0 Å². The summed E-state index contributed by atoms with van der Waals surface area (Å²) in [6.07, 6.45) is 0.0143. The molecule has 1 fully saturated rings. The summed E-state index contributed by atoms with van der Waals surface area (Å²) in [5.74, 6) is 0. The molecule has 2 aromatic rings. The van der Waals surface area contributed by atoms with Crippen LogP contribution in [-0.2, 0) is 10.3 Å². The van der Waals surface area contributed by atoms with Crippen molar-refractivity contribution >= 4 is 11.6 Å². The highest BCUT2D eigenvalue weighted by molar-refractivity contribution is 6.31. The highest BCUT2D eigenvalue weighted by atomic mass is 35.5. The average Bonchev–Trinajstić information content (AvgIpc) is 2.50. The van der Waals surface area contributed by atoms with E-state index in [4.69, 9.17) is 16.3 Å². The summed E-state index contributed by atoms with van der Waals surface area (Å²) >= 11 is 6.24. The van der Waals surface area contributed by atoms with Gasteiger partial charge in [-0.15, -0.1) is 0 Å². The number of ether oxygens (including phenoxy) is 1. The van der Waals surface area contributed by atoms with Gasteiger partial charge < -0.3 is 10.1 Å². The zero-order chi connectivity index (χ0) is 14.0. The molecule has 104 valence electrons. The van der Waals surface area contributed by atoms with Crippen molar-refractivity contribution in [3.05, 3.63) is 70.7 Å². The highest BCUT2D eigenvalue weighted by Gasteiger charge is 2.33. The van der Waals surface area contributed by atoms with E-state index in [1.807, 2.05) is 30.3 Å². The monoisotopic (exact) mass is 287 g/mol. The van der Waals surface area contributed by atoms with Crippen molar-refractivity contribution in [1.82, 2.24) is 5.32 Å². The van der Waals surface area contributed by atoms with Crippen molar-refractivity contribution in [1.29, 1.82) is 0 Å². The summed E-state index contributed by atoms with van der Waals surface area (Å²) in [5.41, 5.74) is 2.16. The predicted molar refractivity (Wildman–Crippen MR) is 81.9 cm³/mol. The first kappa shape index (κ1) is 13.6. The molecule has 1 saturated heterocycles. The fourth-order valence-corrected chi connectivity index (χ4v) is 2.88. The number of benzene rings is 2. The van der Waals surface area contributed by atoms with Gasteiger partial charge >= 0.3 is 0 Å². The molecule has 0 bridgehead atoms. The first-order chi connectivity index (χ1) is 9.69. The Bertz CT molecular complexity index is 577. The van der Waals surface area contributed by atoms with Crippen LogP contribution in [0.5, 0.6) is 0 Å². The van der Waals surface area contributed by atoms with Crippen LogP contribution >= 0.6 is 11.6 Å². The van der Waals surface area contributed by atoms with E-state index in [-0.39, 0.29) is 11.6 Å². The number of halogens is 1. The van der Waals surface area contributed by atoms with Crippen molar-refractivity contribution in [3.63, 3.8) is 0 Å². The minimum Gasteiger partial charge on any atom is -0.370 e. The van der Waals surface area contributed by atoms with Gasteiger partial charge in [-0.1, -0.05) is 60.1 Å². The van der Waals surface area contributed by atoms with Crippen LogP contribution < -0.4 is 5.32 Å². The molecule has 0 radical (unpaired) electrons. The molecule has 0 aliphatic carbocycles. The van der Waals surface area contributed by atoms with E-state index in [1.165, 1.54) is 5.56 Å². The summed E-state index contributed by atoms with van der Waals surface area (Å²) in [7, 11) is 0. The Labute approximate surface area is 124 Å². The van der Waals surface area contributed by atoms with Crippen LogP contribution in [0.3, 0.4) is 0 Å². The van der Waals surface area contributed by atoms with Crippen LogP contribution in [0, 0.1) is 0 Å². The standard InChI is InChI=1S/C17H18ClNO/c1-17(13-7-3-2-4-8-13)12-20-16(11-19-17)14-9-5-6-10-15(14)18/h2-10,16,19H,11-12H2,1H3. The maximum atomic E-state index is 6.24. The van der Waals surface area contributed by atoms with E-state index in [0.29, 0.717) is 6.61 Å². The molecule has 0 spiro atoms. The topological polar surface area (TPSA) is 21.3 Å². The van der Waals surface area contributed by atoms with Gasteiger partial charge in [0, 0.05) is 17.1 Å². The molecule has 2 aromatic carbocycles. The summed E-state index contributed by atoms with van der Waals surface area (Å²) in [6.45, 7) is 3.56. The average molecular weight is 288 g/mol. The Morgan fingerprint density at radius 2 is 1.80 bits per heavy atom. The molecular formula is C17H18ClNO. The van der Waals surface area contributed by atoms with Gasteiger partial charge in [0.25, 0.3) is 0 Å². The number of hydrogen-bond donors (Lipinski definition) is 1. The van der Waals surface area contributed by atoms with E-state index < -0.39 is 0 Å². The predicted octanol–water partition coefficient (Wildman–Crippen LogP) is 3.92. The molecule has 1 aliphatic heterocycles. The third-order valence-electron chi connectivity index (χ3n) is 3.91. The van der Waals surface area contributed by atoms with Gasteiger partial charge in [0.15, 0.2) is 0 Å². The second kappa shape index (κ2) is 5.57. The van der Waals surface area contributed by atoms with Crippen LogP contribution in [0.1, 0.15) is 24.2 Å². The molecule has 0 saturated carbocycles. The highest BCUT2D eigenvalue weighted by Crippen LogP contribution is 2.32. The van der Waals surface area contributed by atoms with Crippen molar-refractivity contribution in [3.8, 4) is 0 Å². The summed E-state index contributed by atoms with van der Waals surface area (Å²) in [4.78, 5) is 0. The quantitative estimate of drug-likeness (QED) is 0.904. The minimum atomic E-state index is -0.140.